The second-order valence-electron chi connectivity index (χ2n) is 9.11. The highest BCUT2D eigenvalue weighted by atomic mass is 16.1. The first-order chi connectivity index (χ1) is 13.3. The Balaban J connectivity index is 1.72. The number of benzene rings is 2. The maximum atomic E-state index is 12.5. The van der Waals surface area contributed by atoms with E-state index in [0.717, 1.165) is 52.4 Å². The van der Waals surface area contributed by atoms with Crippen molar-refractivity contribution in [2.75, 3.05) is 0 Å². The third kappa shape index (κ3) is 4.06. The van der Waals surface area contributed by atoms with Gasteiger partial charge in [-0.1, -0.05) is 39.0 Å². The molecule has 1 heterocycles. The molecule has 2 aromatic carbocycles. The van der Waals surface area contributed by atoms with Gasteiger partial charge in [-0.25, -0.2) is 0 Å². The average Bonchev–Trinajstić information content (AvgIpc) is 3.44. The molecule has 4 heteroatoms. The van der Waals surface area contributed by atoms with Crippen LogP contribution in [0.5, 0.6) is 0 Å². The SMILES string of the molecule is Cc1ccc(C(=O)NC2CC2)cc1-c1ccc2c(CC(C)(C)C)nncc2c1. The average molecular weight is 374 g/mol. The van der Waals surface area contributed by atoms with Crippen LogP contribution in [-0.4, -0.2) is 22.1 Å². The number of aryl methyl sites for hydroxylation is 1. The summed E-state index contributed by atoms with van der Waals surface area (Å²) < 4.78 is 0. The van der Waals surface area contributed by atoms with E-state index in [1.165, 1.54) is 0 Å². The molecule has 1 aromatic heterocycles. The summed E-state index contributed by atoms with van der Waals surface area (Å²) in [5, 5.41) is 13.9. The van der Waals surface area contributed by atoms with Crippen LogP contribution < -0.4 is 5.32 Å². The van der Waals surface area contributed by atoms with Gasteiger partial charge in [-0.3, -0.25) is 4.79 Å². The predicted octanol–water partition coefficient (Wildman–Crippen LogP) is 5.09. The Morgan fingerprint density at radius 3 is 2.64 bits per heavy atom. The molecular formula is C24H27N3O. The molecule has 4 rings (SSSR count). The molecule has 1 N–H and O–H groups in total. The number of hydrogen-bond donors (Lipinski definition) is 1. The molecule has 0 unspecified atom stereocenters. The van der Waals surface area contributed by atoms with Gasteiger partial charge < -0.3 is 5.32 Å². The summed E-state index contributed by atoms with van der Waals surface area (Å²) in [6, 6.07) is 12.7. The Bertz CT molecular complexity index is 1050. The normalized spacial score (nSPS) is 14.3. The summed E-state index contributed by atoms with van der Waals surface area (Å²) in [6.07, 6.45) is 4.89. The standard InChI is InChI=1S/C24H27N3O/c1-15-5-6-17(23(28)26-19-8-9-19)12-21(15)16-7-10-20-18(11-16)14-25-27-22(20)13-24(2,3)4/h5-7,10-12,14,19H,8-9,13H2,1-4H3,(H,26,28). The molecule has 0 spiro atoms. The minimum Gasteiger partial charge on any atom is -0.349 e. The van der Waals surface area contributed by atoms with Crippen LogP contribution in [0.25, 0.3) is 21.9 Å². The number of nitrogens with one attached hydrogen (secondary N) is 1. The van der Waals surface area contributed by atoms with Crippen molar-refractivity contribution in [2.24, 2.45) is 5.41 Å². The lowest BCUT2D eigenvalue weighted by molar-refractivity contribution is 0.0951. The zero-order chi connectivity index (χ0) is 19.9. The zero-order valence-electron chi connectivity index (χ0n) is 17.0. The molecule has 28 heavy (non-hydrogen) atoms. The number of hydrogen-bond acceptors (Lipinski definition) is 3. The van der Waals surface area contributed by atoms with Crippen molar-refractivity contribution >= 4 is 16.7 Å². The molecule has 1 aliphatic rings. The van der Waals surface area contributed by atoms with Gasteiger partial charge in [0.1, 0.15) is 0 Å². The van der Waals surface area contributed by atoms with Crippen molar-refractivity contribution < 1.29 is 4.79 Å². The number of nitrogens with zero attached hydrogens (tertiary/aromatic N) is 2. The van der Waals surface area contributed by atoms with Crippen molar-refractivity contribution in [1.29, 1.82) is 0 Å². The highest BCUT2D eigenvalue weighted by Crippen LogP contribution is 2.30. The van der Waals surface area contributed by atoms with Gasteiger partial charge in [0.15, 0.2) is 0 Å². The molecule has 0 radical (unpaired) electrons. The van der Waals surface area contributed by atoms with E-state index in [1.807, 2.05) is 24.4 Å². The Kier molecular flexibility index (Phi) is 4.66. The van der Waals surface area contributed by atoms with Crippen LogP contribution in [-0.2, 0) is 6.42 Å². The lowest BCUT2D eigenvalue weighted by Gasteiger charge is -2.18. The number of fused-ring (bicyclic) bond motifs is 1. The molecule has 4 nitrogen and oxygen atoms in total. The van der Waals surface area contributed by atoms with Crippen LogP contribution in [0.3, 0.4) is 0 Å². The van der Waals surface area contributed by atoms with Gasteiger partial charge in [-0.2, -0.15) is 10.2 Å². The van der Waals surface area contributed by atoms with E-state index >= 15 is 0 Å². The number of aromatic nitrogens is 2. The molecule has 0 bridgehead atoms. The monoisotopic (exact) mass is 373 g/mol. The minimum atomic E-state index is 0.0165. The maximum absolute atomic E-state index is 12.5. The minimum absolute atomic E-state index is 0.0165. The molecule has 0 saturated heterocycles. The van der Waals surface area contributed by atoms with E-state index in [1.54, 1.807) is 0 Å². The van der Waals surface area contributed by atoms with E-state index < -0.39 is 0 Å². The highest BCUT2D eigenvalue weighted by Gasteiger charge is 2.24. The Hall–Kier alpha value is -2.75. The first-order valence-corrected chi connectivity index (χ1v) is 9.96. The van der Waals surface area contributed by atoms with Crippen LogP contribution in [0.4, 0.5) is 0 Å². The van der Waals surface area contributed by atoms with Crippen molar-refractivity contribution in [3.63, 3.8) is 0 Å². The smallest absolute Gasteiger partial charge is 0.251 e. The van der Waals surface area contributed by atoms with Gasteiger partial charge >= 0.3 is 0 Å². The fourth-order valence-corrected chi connectivity index (χ4v) is 3.52. The molecule has 0 atom stereocenters. The van der Waals surface area contributed by atoms with Gasteiger partial charge in [0.25, 0.3) is 5.91 Å². The number of carbonyl (C=O) groups is 1. The molecule has 1 aliphatic carbocycles. The Morgan fingerprint density at radius 2 is 1.93 bits per heavy atom. The number of amides is 1. The predicted molar refractivity (Wildman–Crippen MR) is 113 cm³/mol. The topological polar surface area (TPSA) is 54.9 Å². The number of carbonyl (C=O) groups excluding carboxylic acids is 1. The van der Waals surface area contributed by atoms with Gasteiger partial charge in [-0.05, 0) is 66.5 Å². The van der Waals surface area contributed by atoms with Crippen molar-refractivity contribution in [1.82, 2.24) is 15.5 Å². The molecule has 1 amide bonds. The van der Waals surface area contributed by atoms with Crippen molar-refractivity contribution in [3.8, 4) is 11.1 Å². The van der Waals surface area contributed by atoms with E-state index in [0.29, 0.717) is 11.6 Å². The second-order valence-corrected chi connectivity index (χ2v) is 9.11. The highest BCUT2D eigenvalue weighted by molar-refractivity contribution is 5.97. The zero-order valence-corrected chi connectivity index (χ0v) is 17.0. The van der Waals surface area contributed by atoms with Gasteiger partial charge in [0.05, 0.1) is 11.9 Å². The molecule has 3 aromatic rings. The van der Waals surface area contributed by atoms with Crippen LogP contribution in [0.2, 0.25) is 0 Å². The van der Waals surface area contributed by atoms with Crippen LogP contribution in [0, 0.1) is 12.3 Å². The Morgan fingerprint density at radius 1 is 1.14 bits per heavy atom. The van der Waals surface area contributed by atoms with E-state index in [2.05, 4.69) is 61.4 Å². The summed E-state index contributed by atoms with van der Waals surface area (Å²) in [5.74, 6) is 0.0165. The number of rotatable bonds is 4. The second kappa shape index (κ2) is 7.01. The first kappa shape index (κ1) is 18.6. The largest absolute Gasteiger partial charge is 0.349 e. The molecule has 1 fully saturated rings. The fourth-order valence-electron chi connectivity index (χ4n) is 3.52. The van der Waals surface area contributed by atoms with Crippen molar-refractivity contribution in [3.05, 3.63) is 59.4 Å². The maximum Gasteiger partial charge on any atom is 0.251 e. The van der Waals surface area contributed by atoms with Gasteiger partial charge in [-0.15, -0.1) is 0 Å². The van der Waals surface area contributed by atoms with Gasteiger partial charge in [0.2, 0.25) is 0 Å². The first-order valence-electron chi connectivity index (χ1n) is 9.96. The van der Waals surface area contributed by atoms with E-state index in [-0.39, 0.29) is 11.3 Å². The third-order valence-corrected chi connectivity index (χ3v) is 5.16. The lowest BCUT2D eigenvalue weighted by Crippen LogP contribution is -2.25. The molecule has 0 aliphatic heterocycles. The van der Waals surface area contributed by atoms with Crippen LogP contribution >= 0.6 is 0 Å². The third-order valence-electron chi connectivity index (χ3n) is 5.16. The summed E-state index contributed by atoms with van der Waals surface area (Å²) in [5.41, 5.74) is 5.24. The summed E-state index contributed by atoms with van der Waals surface area (Å²) in [7, 11) is 0. The fraction of sp³-hybridized carbons (Fsp3) is 0.375. The molecule has 144 valence electrons. The van der Waals surface area contributed by atoms with E-state index in [4.69, 9.17) is 0 Å². The summed E-state index contributed by atoms with van der Waals surface area (Å²) >= 11 is 0. The van der Waals surface area contributed by atoms with Crippen LogP contribution in [0.15, 0.2) is 42.6 Å². The van der Waals surface area contributed by atoms with E-state index in [9.17, 15) is 4.79 Å². The van der Waals surface area contributed by atoms with Crippen LogP contribution in [0.1, 0.15) is 55.2 Å². The quantitative estimate of drug-likeness (QED) is 0.693. The van der Waals surface area contributed by atoms with Crippen molar-refractivity contribution in [2.45, 2.75) is 53.0 Å². The molecular weight excluding hydrogens is 346 g/mol. The molecule has 1 saturated carbocycles. The van der Waals surface area contributed by atoms with Gasteiger partial charge in [0, 0.05) is 22.4 Å². The summed E-state index contributed by atoms with van der Waals surface area (Å²) in [6.45, 7) is 8.72. The summed E-state index contributed by atoms with van der Waals surface area (Å²) in [4.78, 5) is 12.5. The Labute approximate surface area is 166 Å². The lowest BCUT2D eigenvalue weighted by atomic mass is 9.88.